The quantitative estimate of drug-likeness (QED) is 0.486. The van der Waals surface area contributed by atoms with Crippen LogP contribution in [0.15, 0.2) is 77.7 Å². The largest absolute Gasteiger partial charge is 0.273 e. The van der Waals surface area contributed by atoms with Crippen molar-refractivity contribution in [3.05, 3.63) is 93.1 Å². The molecule has 0 saturated carbocycles. The Morgan fingerprint density at radius 1 is 0.889 bits per heavy atom. The van der Waals surface area contributed by atoms with E-state index in [1.54, 1.807) is 49.4 Å². The highest BCUT2D eigenvalue weighted by atomic mass is 127. The maximum Gasteiger partial charge on any atom is 0.273 e. The van der Waals surface area contributed by atoms with Gasteiger partial charge in [-0.15, -0.1) is 0 Å². The summed E-state index contributed by atoms with van der Waals surface area (Å²) in [7, 11) is -4.08. The van der Waals surface area contributed by atoms with Crippen molar-refractivity contribution in [1.29, 1.82) is 0 Å². The summed E-state index contributed by atoms with van der Waals surface area (Å²) in [6, 6.07) is 20.4. The fraction of sp³-hybridized carbons (Fsp3) is 0.0952. The van der Waals surface area contributed by atoms with Crippen molar-refractivity contribution in [2.24, 2.45) is 0 Å². The molecule has 3 aromatic rings. The predicted molar refractivity (Wildman–Crippen MR) is 116 cm³/mol. The molecular weight excluding hydrogens is 473 g/mol. The van der Waals surface area contributed by atoms with Gasteiger partial charge in [0, 0.05) is 3.57 Å². The molecule has 27 heavy (non-hydrogen) atoms. The van der Waals surface area contributed by atoms with E-state index in [2.05, 4.69) is 0 Å². The van der Waals surface area contributed by atoms with Crippen LogP contribution in [0.4, 0.5) is 5.69 Å². The maximum absolute atomic E-state index is 13.4. The van der Waals surface area contributed by atoms with Gasteiger partial charge in [-0.3, -0.25) is 4.79 Å². The molecule has 0 N–H and O–H groups in total. The lowest BCUT2D eigenvalue weighted by atomic mass is 10.1. The van der Waals surface area contributed by atoms with Gasteiger partial charge in [0.15, 0.2) is 0 Å². The highest BCUT2D eigenvalue weighted by Crippen LogP contribution is 2.30. The number of halogens is 1. The molecule has 6 heteroatoms. The van der Waals surface area contributed by atoms with Crippen molar-refractivity contribution < 1.29 is 13.2 Å². The Balaban J connectivity index is 2.26. The molecule has 138 valence electrons. The SMILES string of the molecule is Cc1ccc(C)c(N(C(=O)c2ccccc2I)S(=O)(=O)c2ccccc2)c1. The van der Waals surface area contributed by atoms with Crippen molar-refractivity contribution in [3.8, 4) is 0 Å². The summed E-state index contributed by atoms with van der Waals surface area (Å²) in [6.45, 7) is 3.67. The summed E-state index contributed by atoms with van der Waals surface area (Å²) in [6.07, 6.45) is 0. The molecule has 0 aliphatic heterocycles. The third-order valence-electron chi connectivity index (χ3n) is 4.15. The second kappa shape index (κ2) is 7.82. The smallest absolute Gasteiger partial charge is 0.268 e. The van der Waals surface area contributed by atoms with E-state index < -0.39 is 15.9 Å². The van der Waals surface area contributed by atoms with Gasteiger partial charge in [0.2, 0.25) is 0 Å². The number of benzene rings is 3. The summed E-state index contributed by atoms with van der Waals surface area (Å²) >= 11 is 2.04. The fourth-order valence-electron chi connectivity index (χ4n) is 2.73. The lowest BCUT2D eigenvalue weighted by Gasteiger charge is -2.25. The van der Waals surface area contributed by atoms with E-state index in [1.165, 1.54) is 12.1 Å². The number of hydrogen-bond acceptors (Lipinski definition) is 3. The average Bonchev–Trinajstić information content (AvgIpc) is 2.65. The van der Waals surface area contributed by atoms with E-state index >= 15 is 0 Å². The topological polar surface area (TPSA) is 54.5 Å². The van der Waals surface area contributed by atoms with Crippen LogP contribution in [0.3, 0.4) is 0 Å². The van der Waals surface area contributed by atoms with Gasteiger partial charge in [-0.25, -0.2) is 8.42 Å². The van der Waals surface area contributed by atoms with E-state index in [0.29, 0.717) is 20.4 Å². The number of anilines is 1. The summed E-state index contributed by atoms with van der Waals surface area (Å²) in [5.74, 6) is -0.572. The third kappa shape index (κ3) is 3.91. The van der Waals surface area contributed by atoms with E-state index in [-0.39, 0.29) is 4.90 Å². The second-order valence-corrected chi connectivity index (χ2v) is 9.11. The summed E-state index contributed by atoms with van der Waals surface area (Å²) in [5.41, 5.74) is 2.29. The zero-order chi connectivity index (χ0) is 19.6. The molecule has 1 amide bonds. The normalized spacial score (nSPS) is 11.2. The molecule has 0 heterocycles. The van der Waals surface area contributed by atoms with E-state index in [4.69, 9.17) is 0 Å². The Morgan fingerprint density at radius 2 is 1.52 bits per heavy atom. The maximum atomic E-state index is 13.4. The fourth-order valence-corrected chi connectivity index (χ4v) is 4.83. The van der Waals surface area contributed by atoms with Crippen LogP contribution in [0.25, 0.3) is 0 Å². The van der Waals surface area contributed by atoms with Crippen molar-refractivity contribution in [2.45, 2.75) is 18.7 Å². The number of amides is 1. The van der Waals surface area contributed by atoms with Crippen molar-refractivity contribution in [1.82, 2.24) is 0 Å². The summed E-state index contributed by atoms with van der Waals surface area (Å²) < 4.78 is 28.5. The van der Waals surface area contributed by atoms with Crippen LogP contribution in [0.5, 0.6) is 0 Å². The zero-order valence-corrected chi connectivity index (χ0v) is 17.9. The Kier molecular flexibility index (Phi) is 5.67. The Hall–Kier alpha value is -2.19. The second-order valence-electron chi connectivity index (χ2n) is 6.16. The van der Waals surface area contributed by atoms with Crippen LogP contribution < -0.4 is 4.31 Å². The molecule has 0 bridgehead atoms. The van der Waals surface area contributed by atoms with Gasteiger partial charge in [-0.05, 0) is 77.9 Å². The minimum atomic E-state index is -4.08. The molecule has 0 spiro atoms. The van der Waals surface area contributed by atoms with Gasteiger partial charge in [0.05, 0.1) is 16.1 Å². The van der Waals surface area contributed by atoms with Crippen LogP contribution in [0.1, 0.15) is 21.5 Å². The third-order valence-corrected chi connectivity index (χ3v) is 6.81. The zero-order valence-electron chi connectivity index (χ0n) is 14.9. The number of rotatable bonds is 4. The molecule has 4 nitrogen and oxygen atoms in total. The van der Waals surface area contributed by atoms with Crippen LogP contribution in [0.2, 0.25) is 0 Å². The molecule has 3 rings (SSSR count). The lowest BCUT2D eigenvalue weighted by Crippen LogP contribution is -2.38. The van der Waals surface area contributed by atoms with E-state index in [9.17, 15) is 13.2 Å². The molecule has 0 aliphatic rings. The number of aryl methyl sites for hydroxylation is 2. The number of carbonyl (C=O) groups is 1. The van der Waals surface area contributed by atoms with Crippen LogP contribution in [-0.2, 0) is 10.0 Å². The molecular formula is C21H18INO3S. The van der Waals surface area contributed by atoms with Gasteiger partial charge < -0.3 is 0 Å². The number of carbonyl (C=O) groups excluding carboxylic acids is 1. The molecule has 0 unspecified atom stereocenters. The average molecular weight is 491 g/mol. The number of hydrogen-bond donors (Lipinski definition) is 0. The number of sulfonamides is 1. The molecule has 0 atom stereocenters. The lowest BCUT2D eigenvalue weighted by molar-refractivity contribution is 0.100. The summed E-state index contributed by atoms with van der Waals surface area (Å²) in [5, 5.41) is 0. The minimum Gasteiger partial charge on any atom is -0.268 e. The van der Waals surface area contributed by atoms with Gasteiger partial charge in [0.25, 0.3) is 15.9 Å². The first kappa shape index (κ1) is 19.6. The molecule has 0 saturated heterocycles. The minimum absolute atomic E-state index is 0.0743. The van der Waals surface area contributed by atoms with Crippen LogP contribution in [0, 0.1) is 17.4 Å². The Bertz CT molecular complexity index is 1100. The highest BCUT2D eigenvalue weighted by Gasteiger charge is 2.33. The Morgan fingerprint density at radius 3 is 2.19 bits per heavy atom. The number of nitrogens with zero attached hydrogens (tertiary/aromatic N) is 1. The van der Waals surface area contributed by atoms with Gasteiger partial charge in [-0.2, -0.15) is 4.31 Å². The first-order valence-corrected chi connectivity index (χ1v) is 10.8. The first-order valence-electron chi connectivity index (χ1n) is 8.29. The van der Waals surface area contributed by atoms with Gasteiger partial charge in [0.1, 0.15) is 0 Å². The van der Waals surface area contributed by atoms with Crippen molar-refractivity contribution in [2.75, 3.05) is 4.31 Å². The molecule has 0 fully saturated rings. The standard InChI is InChI=1S/C21H18INO3S/c1-15-12-13-16(2)20(14-15)23(21(24)18-10-6-7-11-19(18)22)27(25,26)17-8-4-3-5-9-17/h3-14H,1-2H3. The summed E-state index contributed by atoms with van der Waals surface area (Å²) in [4.78, 5) is 13.5. The van der Waals surface area contributed by atoms with Crippen molar-refractivity contribution >= 4 is 44.2 Å². The predicted octanol–water partition coefficient (Wildman–Crippen LogP) is 4.94. The van der Waals surface area contributed by atoms with Gasteiger partial charge >= 0.3 is 0 Å². The van der Waals surface area contributed by atoms with E-state index in [1.807, 2.05) is 47.7 Å². The molecule has 0 aromatic heterocycles. The molecule has 0 aliphatic carbocycles. The monoisotopic (exact) mass is 491 g/mol. The Labute approximate surface area is 173 Å². The van der Waals surface area contributed by atoms with Gasteiger partial charge in [-0.1, -0.05) is 42.5 Å². The molecule has 3 aromatic carbocycles. The first-order chi connectivity index (χ1) is 12.8. The van der Waals surface area contributed by atoms with Crippen LogP contribution >= 0.6 is 22.6 Å². The van der Waals surface area contributed by atoms with E-state index in [0.717, 1.165) is 9.87 Å². The van der Waals surface area contributed by atoms with Crippen LogP contribution in [-0.4, -0.2) is 14.3 Å². The highest BCUT2D eigenvalue weighted by molar-refractivity contribution is 14.1. The molecule has 0 radical (unpaired) electrons. The van der Waals surface area contributed by atoms with Crippen molar-refractivity contribution in [3.63, 3.8) is 0 Å².